The molecule has 2 atom stereocenters. The number of carboxylic acids is 1. The molecule has 0 amide bonds. The molecule has 0 aliphatic heterocycles. The van der Waals surface area contributed by atoms with Crippen LogP contribution in [0.5, 0.6) is 0 Å². The summed E-state index contributed by atoms with van der Waals surface area (Å²) >= 11 is 0. The lowest BCUT2D eigenvalue weighted by Crippen LogP contribution is -2.25. The van der Waals surface area contributed by atoms with Crippen LogP contribution in [0.4, 0.5) is 0 Å². The van der Waals surface area contributed by atoms with Gasteiger partial charge in [0.15, 0.2) is 5.82 Å². The molecule has 2 aromatic rings. The number of aliphatic carboxylic acids is 1. The van der Waals surface area contributed by atoms with E-state index in [9.17, 15) is 9.90 Å². The molecule has 1 saturated carbocycles. The first-order valence-corrected chi connectivity index (χ1v) is 6.32. The maximum absolute atomic E-state index is 11.3. The first-order chi connectivity index (χ1) is 9.25. The van der Waals surface area contributed by atoms with Crippen molar-refractivity contribution in [1.82, 2.24) is 20.1 Å². The molecule has 1 aliphatic rings. The number of carboxylic acid groups (broad SMARTS) is 1. The minimum Gasteiger partial charge on any atom is -0.481 e. The topological polar surface area (TPSA) is 105 Å². The van der Waals surface area contributed by atoms with Crippen molar-refractivity contribution in [2.75, 3.05) is 0 Å². The SMILES string of the molecule is O=C(O)C1CCCCC1c1nc(-c2ncc[nH]2)no1. The second-order valence-corrected chi connectivity index (χ2v) is 4.73. The lowest BCUT2D eigenvalue weighted by molar-refractivity contribution is -0.143. The standard InChI is InChI=1S/C12H14N4O3/c17-12(18)8-4-2-1-3-7(8)11-15-10(16-19-11)9-13-5-6-14-9/h5-8H,1-4H2,(H,13,14)(H,17,18). The highest BCUT2D eigenvalue weighted by Crippen LogP contribution is 2.37. The zero-order valence-electron chi connectivity index (χ0n) is 10.2. The average Bonchev–Trinajstić information content (AvgIpc) is 3.09. The second-order valence-electron chi connectivity index (χ2n) is 4.73. The summed E-state index contributed by atoms with van der Waals surface area (Å²) in [7, 11) is 0. The van der Waals surface area contributed by atoms with Crippen molar-refractivity contribution in [2.45, 2.75) is 31.6 Å². The molecule has 0 saturated heterocycles. The summed E-state index contributed by atoms with van der Waals surface area (Å²) < 4.78 is 5.22. The van der Waals surface area contributed by atoms with E-state index in [0.717, 1.165) is 19.3 Å². The van der Waals surface area contributed by atoms with E-state index in [1.807, 2.05) is 0 Å². The number of carbonyl (C=O) groups is 1. The van der Waals surface area contributed by atoms with Crippen LogP contribution in [0, 0.1) is 5.92 Å². The molecule has 2 N–H and O–H groups in total. The molecule has 0 radical (unpaired) electrons. The number of nitrogens with zero attached hydrogens (tertiary/aromatic N) is 3. The van der Waals surface area contributed by atoms with E-state index in [-0.39, 0.29) is 5.92 Å². The minimum atomic E-state index is -0.789. The number of nitrogens with one attached hydrogen (secondary N) is 1. The highest BCUT2D eigenvalue weighted by Gasteiger charge is 2.35. The van der Waals surface area contributed by atoms with Gasteiger partial charge in [-0.1, -0.05) is 18.0 Å². The molecule has 3 rings (SSSR count). The first kappa shape index (κ1) is 11.9. The zero-order chi connectivity index (χ0) is 13.2. The number of hydrogen-bond donors (Lipinski definition) is 2. The Morgan fingerprint density at radius 1 is 1.42 bits per heavy atom. The maximum Gasteiger partial charge on any atom is 0.307 e. The van der Waals surface area contributed by atoms with Gasteiger partial charge in [0.05, 0.1) is 11.8 Å². The van der Waals surface area contributed by atoms with Crippen molar-refractivity contribution in [2.24, 2.45) is 5.92 Å². The highest BCUT2D eigenvalue weighted by molar-refractivity contribution is 5.71. The number of hydrogen-bond acceptors (Lipinski definition) is 5. The lowest BCUT2D eigenvalue weighted by atomic mass is 9.79. The Labute approximate surface area is 109 Å². The molecule has 2 unspecified atom stereocenters. The molecule has 1 aliphatic carbocycles. The van der Waals surface area contributed by atoms with Crippen molar-refractivity contribution < 1.29 is 14.4 Å². The second kappa shape index (κ2) is 4.83. The molecule has 100 valence electrons. The molecule has 0 spiro atoms. The van der Waals surface area contributed by atoms with Gasteiger partial charge in [-0.05, 0) is 12.8 Å². The Morgan fingerprint density at radius 3 is 3.00 bits per heavy atom. The summed E-state index contributed by atoms with van der Waals surface area (Å²) in [6.07, 6.45) is 6.65. The lowest BCUT2D eigenvalue weighted by Gasteiger charge is -2.25. The monoisotopic (exact) mass is 262 g/mol. The Balaban J connectivity index is 1.87. The largest absolute Gasteiger partial charge is 0.481 e. The van der Waals surface area contributed by atoms with E-state index in [4.69, 9.17) is 4.52 Å². The predicted octanol–water partition coefficient (Wildman–Crippen LogP) is 1.82. The molecular weight excluding hydrogens is 248 g/mol. The average molecular weight is 262 g/mol. The van der Waals surface area contributed by atoms with Gasteiger partial charge < -0.3 is 14.6 Å². The van der Waals surface area contributed by atoms with Crippen LogP contribution in [0.15, 0.2) is 16.9 Å². The molecule has 7 heteroatoms. The maximum atomic E-state index is 11.3. The summed E-state index contributed by atoms with van der Waals surface area (Å²) in [5, 5.41) is 13.1. The predicted molar refractivity (Wildman–Crippen MR) is 64.2 cm³/mol. The quantitative estimate of drug-likeness (QED) is 0.874. The third-order valence-electron chi connectivity index (χ3n) is 3.55. The van der Waals surface area contributed by atoms with Gasteiger partial charge in [-0.15, -0.1) is 0 Å². The van der Waals surface area contributed by atoms with Crippen molar-refractivity contribution in [1.29, 1.82) is 0 Å². The van der Waals surface area contributed by atoms with E-state index < -0.39 is 11.9 Å². The summed E-state index contributed by atoms with van der Waals surface area (Å²) in [4.78, 5) is 22.5. The third kappa shape index (κ3) is 2.23. The fourth-order valence-electron chi connectivity index (χ4n) is 2.59. The van der Waals surface area contributed by atoms with Gasteiger partial charge in [-0.2, -0.15) is 4.98 Å². The van der Waals surface area contributed by atoms with E-state index in [1.54, 1.807) is 12.4 Å². The number of aromatic amines is 1. The third-order valence-corrected chi connectivity index (χ3v) is 3.55. The molecule has 1 fully saturated rings. The van der Waals surface area contributed by atoms with Crippen molar-refractivity contribution in [3.05, 3.63) is 18.3 Å². The van der Waals surface area contributed by atoms with E-state index in [2.05, 4.69) is 20.1 Å². The van der Waals surface area contributed by atoms with Gasteiger partial charge in [0, 0.05) is 12.4 Å². The molecule has 19 heavy (non-hydrogen) atoms. The molecule has 2 aromatic heterocycles. The molecule has 0 bridgehead atoms. The summed E-state index contributed by atoms with van der Waals surface area (Å²) in [6.45, 7) is 0. The van der Waals surface area contributed by atoms with Crippen LogP contribution in [0.3, 0.4) is 0 Å². The minimum absolute atomic E-state index is 0.192. The van der Waals surface area contributed by atoms with Crippen LogP contribution in [0.1, 0.15) is 37.5 Å². The van der Waals surface area contributed by atoms with Crippen LogP contribution < -0.4 is 0 Å². The number of H-pyrrole nitrogens is 1. The Kier molecular flexibility index (Phi) is 3.02. The van der Waals surface area contributed by atoms with Gasteiger partial charge in [0.1, 0.15) is 0 Å². The van der Waals surface area contributed by atoms with Crippen LogP contribution >= 0.6 is 0 Å². The first-order valence-electron chi connectivity index (χ1n) is 6.32. The molecule has 2 heterocycles. The molecule has 0 aromatic carbocycles. The van der Waals surface area contributed by atoms with Crippen molar-refractivity contribution >= 4 is 5.97 Å². The molecular formula is C12H14N4O3. The van der Waals surface area contributed by atoms with Crippen molar-refractivity contribution in [3.63, 3.8) is 0 Å². The molecule has 7 nitrogen and oxygen atoms in total. The fourth-order valence-corrected chi connectivity index (χ4v) is 2.59. The summed E-state index contributed by atoms with van der Waals surface area (Å²) in [5.41, 5.74) is 0. The van der Waals surface area contributed by atoms with Gasteiger partial charge >= 0.3 is 5.97 Å². The van der Waals surface area contributed by atoms with Crippen LogP contribution in [-0.2, 0) is 4.79 Å². The Hall–Kier alpha value is -2.18. The van der Waals surface area contributed by atoms with Gasteiger partial charge in [-0.3, -0.25) is 4.79 Å². The van der Waals surface area contributed by atoms with E-state index >= 15 is 0 Å². The van der Waals surface area contributed by atoms with Gasteiger partial charge in [-0.25, -0.2) is 4.98 Å². The summed E-state index contributed by atoms with van der Waals surface area (Å²) in [5.74, 6) is -0.116. The van der Waals surface area contributed by atoms with E-state index in [1.165, 1.54) is 0 Å². The van der Waals surface area contributed by atoms with Crippen molar-refractivity contribution in [3.8, 4) is 11.6 Å². The highest BCUT2D eigenvalue weighted by atomic mass is 16.5. The number of imidazole rings is 1. The summed E-state index contributed by atoms with van der Waals surface area (Å²) in [6, 6.07) is 0. The number of rotatable bonds is 3. The van der Waals surface area contributed by atoms with Crippen LogP contribution in [-0.4, -0.2) is 31.2 Å². The van der Waals surface area contributed by atoms with E-state index in [0.29, 0.717) is 24.0 Å². The fraction of sp³-hybridized carbons (Fsp3) is 0.500. The van der Waals surface area contributed by atoms with Crippen LogP contribution in [0.25, 0.3) is 11.6 Å². The number of aromatic nitrogens is 4. The zero-order valence-corrected chi connectivity index (χ0v) is 10.2. The smallest absolute Gasteiger partial charge is 0.307 e. The normalized spacial score (nSPS) is 23.4. The Morgan fingerprint density at radius 2 is 2.26 bits per heavy atom. The van der Waals surface area contributed by atoms with Gasteiger partial charge in [0.25, 0.3) is 0 Å². The van der Waals surface area contributed by atoms with Crippen LogP contribution in [0.2, 0.25) is 0 Å². The van der Waals surface area contributed by atoms with Gasteiger partial charge in [0.2, 0.25) is 11.7 Å². The Bertz CT molecular complexity index is 563.